The highest BCUT2D eigenvalue weighted by Gasteiger charge is 2.75. The summed E-state index contributed by atoms with van der Waals surface area (Å²) in [5.74, 6) is -2.66. The van der Waals surface area contributed by atoms with Crippen LogP contribution in [0.2, 0.25) is 0 Å². The van der Waals surface area contributed by atoms with Gasteiger partial charge in [-0.2, -0.15) is 0 Å². The van der Waals surface area contributed by atoms with E-state index >= 15 is 0 Å². The van der Waals surface area contributed by atoms with Crippen LogP contribution >= 0.6 is 0 Å². The van der Waals surface area contributed by atoms with Crippen LogP contribution in [-0.4, -0.2) is 77.9 Å². The van der Waals surface area contributed by atoms with Gasteiger partial charge < -0.3 is 29.7 Å². The molecular formula is C26H37N3O6. The first-order valence-corrected chi connectivity index (χ1v) is 12.8. The maximum atomic E-state index is 13.8. The number of carbonyl (C=O) groups excluding carboxylic acids is 3. The summed E-state index contributed by atoms with van der Waals surface area (Å²) in [5.41, 5.74) is 0.572. The fourth-order valence-corrected chi connectivity index (χ4v) is 6.26. The number of amides is 2. The minimum atomic E-state index is -1.10. The molecule has 2 bridgehead atoms. The second-order valence-electron chi connectivity index (χ2n) is 9.51. The lowest BCUT2D eigenvalue weighted by Gasteiger charge is -2.36. The fourth-order valence-electron chi connectivity index (χ4n) is 6.26. The van der Waals surface area contributed by atoms with Gasteiger partial charge in [-0.1, -0.05) is 6.92 Å². The largest absolute Gasteiger partial charge is 0.466 e. The Bertz CT molecular complexity index is 945. The minimum absolute atomic E-state index is 0.210. The molecule has 35 heavy (non-hydrogen) atoms. The molecule has 4 rings (SSSR count). The van der Waals surface area contributed by atoms with Crippen LogP contribution in [0.3, 0.4) is 0 Å². The number of anilines is 2. The van der Waals surface area contributed by atoms with Crippen LogP contribution in [0.15, 0.2) is 24.3 Å². The molecule has 1 aromatic carbocycles. The van der Waals surface area contributed by atoms with E-state index in [1.165, 1.54) is 4.90 Å². The molecule has 3 aliphatic rings. The van der Waals surface area contributed by atoms with Gasteiger partial charge >= 0.3 is 5.97 Å². The third-order valence-electron chi connectivity index (χ3n) is 7.88. The van der Waals surface area contributed by atoms with Gasteiger partial charge in [-0.3, -0.25) is 14.4 Å². The molecule has 3 saturated heterocycles. The Balaban J connectivity index is 1.65. The number of likely N-dealkylation sites (tertiary alicyclic amines) is 1. The standard InChI is InChI=1S/C26H37N3O6/c1-5-17(15-30)29-22(23(31)27-16-9-11-18(12-10-16)28(6-2)7-3)26-14-13-19(35-26)20(21(26)24(29)32)25(33)34-8-4/h9-12,17,19-22,30H,5-8,13-15H2,1-4H3,(H,27,31)/t17-,19-,20+,21+,22-,26+/m0/s1. The minimum Gasteiger partial charge on any atom is -0.466 e. The number of hydrogen-bond donors (Lipinski definition) is 2. The summed E-state index contributed by atoms with van der Waals surface area (Å²) in [4.78, 5) is 44.0. The molecule has 0 aliphatic carbocycles. The lowest BCUT2D eigenvalue weighted by atomic mass is 9.70. The van der Waals surface area contributed by atoms with Crippen molar-refractivity contribution in [3.8, 4) is 0 Å². The van der Waals surface area contributed by atoms with Crippen LogP contribution < -0.4 is 10.2 Å². The zero-order valence-corrected chi connectivity index (χ0v) is 21.0. The maximum absolute atomic E-state index is 13.8. The number of carbonyl (C=O) groups is 3. The second kappa shape index (κ2) is 10.1. The summed E-state index contributed by atoms with van der Waals surface area (Å²) in [7, 11) is 0. The number of ether oxygens (including phenoxy) is 2. The Morgan fingerprint density at radius 3 is 2.49 bits per heavy atom. The summed E-state index contributed by atoms with van der Waals surface area (Å²) in [6.07, 6.45) is 1.12. The molecule has 6 atom stereocenters. The molecule has 1 aromatic rings. The molecule has 0 unspecified atom stereocenters. The third kappa shape index (κ3) is 4.08. The Morgan fingerprint density at radius 1 is 1.23 bits per heavy atom. The van der Waals surface area contributed by atoms with Crippen LogP contribution in [0.25, 0.3) is 0 Å². The topological polar surface area (TPSA) is 108 Å². The highest BCUT2D eigenvalue weighted by atomic mass is 16.6. The van der Waals surface area contributed by atoms with Gasteiger partial charge in [0.2, 0.25) is 11.8 Å². The van der Waals surface area contributed by atoms with E-state index in [0.29, 0.717) is 24.9 Å². The van der Waals surface area contributed by atoms with Gasteiger partial charge in [-0.25, -0.2) is 0 Å². The number of aliphatic hydroxyl groups is 1. The number of esters is 1. The molecule has 192 valence electrons. The summed E-state index contributed by atoms with van der Waals surface area (Å²) in [5, 5.41) is 13.0. The molecule has 9 heteroatoms. The number of nitrogens with one attached hydrogen (secondary N) is 1. The van der Waals surface area contributed by atoms with Gasteiger partial charge in [0.1, 0.15) is 11.6 Å². The monoisotopic (exact) mass is 487 g/mol. The number of rotatable bonds is 10. The van der Waals surface area contributed by atoms with Crippen LogP contribution in [0.5, 0.6) is 0 Å². The van der Waals surface area contributed by atoms with E-state index in [9.17, 15) is 19.5 Å². The highest BCUT2D eigenvalue weighted by molar-refractivity contribution is 6.03. The Kier molecular flexibility index (Phi) is 7.38. The Labute approximate surface area is 206 Å². The highest BCUT2D eigenvalue weighted by Crippen LogP contribution is 2.59. The Morgan fingerprint density at radius 2 is 1.91 bits per heavy atom. The molecule has 3 fully saturated rings. The summed E-state index contributed by atoms with van der Waals surface area (Å²) >= 11 is 0. The van der Waals surface area contributed by atoms with Crippen molar-refractivity contribution in [2.45, 2.75) is 70.7 Å². The van der Waals surface area contributed by atoms with E-state index in [1.54, 1.807) is 6.92 Å². The van der Waals surface area contributed by atoms with E-state index in [-0.39, 0.29) is 25.0 Å². The van der Waals surface area contributed by atoms with E-state index in [2.05, 4.69) is 24.1 Å². The average Bonchev–Trinajstić information content (AvgIpc) is 3.50. The average molecular weight is 488 g/mol. The molecule has 1 spiro atoms. The van der Waals surface area contributed by atoms with Crippen molar-refractivity contribution in [1.29, 1.82) is 0 Å². The number of benzene rings is 1. The summed E-state index contributed by atoms with van der Waals surface area (Å²) < 4.78 is 11.6. The zero-order valence-electron chi connectivity index (χ0n) is 21.0. The number of aliphatic hydroxyl groups excluding tert-OH is 1. The van der Waals surface area contributed by atoms with Gasteiger partial charge in [0, 0.05) is 24.5 Å². The van der Waals surface area contributed by atoms with Crippen molar-refractivity contribution < 1.29 is 29.0 Å². The molecular weight excluding hydrogens is 450 g/mol. The molecule has 2 N–H and O–H groups in total. The maximum Gasteiger partial charge on any atom is 0.312 e. The first kappa shape index (κ1) is 25.4. The first-order valence-electron chi connectivity index (χ1n) is 12.8. The van der Waals surface area contributed by atoms with Crippen molar-refractivity contribution in [3.63, 3.8) is 0 Å². The SMILES string of the molecule is CCOC(=O)[C@@H]1[C@@H]2CC[C@]3(O2)[C@H](C(=O)Nc2ccc(N(CC)CC)cc2)N([C@@H](CC)CO)C(=O)[C@@H]13. The lowest BCUT2D eigenvalue weighted by Crippen LogP contribution is -2.56. The van der Waals surface area contributed by atoms with Gasteiger partial charge in [-0.15, -0.1) is 0 Å². The van der Waals surface area contributed by atoms with Gasteiger partial charge in [0.25, 0.3) is 0 Å². The van der Waals surface area contributed by atoms with Crippen LogP contribution in [0.4, 0.5) is 11.4 Å². The van der Waals surface area contributed by atoms with Crippen molar-refractivity contribution in [2.24, 2.45) is 11.8 Å². The van der Waals surface area contributed by atoms with Crippen LogP contribution in [0.1, 0.15) is 47.0 Å². The fraction of sp³-hybridized carbons (Fsp3) is 0.654. The first-order chi connectivity index (χ1) is 16.9. The summed E-state index contributed by atoms with van der Waals surface area (Å²) in [6, 6.07) is 6.12. The Hall–Kier alpha value is -2.65. The predicted molar refractivity (Wildman–Crippen MR) is 131 cm³/mol. The van der Waals surface area contributed by atoms with Crippen molar-refractivity contribution in [1.82, 2.24) is 4.90 Å². The van der Waals surface area contributed by atoms with Gasteiger partial charge in [0.15, 0.2) is 0 Å². The van der Waals surface area contributed by atoms with Crippen LogP contribution in [-0.2, 0) is 23.9 Å². The van der Waals surface area contributed by atoms with E-state index in [1.807, 2.05) is 31.2 Å². The molecule has 3 heterocycles. The van der Waals surface area contributed by atoms with E-state index < -0.39 is 41.6 Å². The van der Waals surface area contributed by atoms with Crippen molar-refractivity contribution in [3.05, 3.63) is 24.3 Å². The van der Waals surface area contributed by atoms with Gasteiger partial charge in [-0.05, 0) is 64.3 Å². The molecule has 0 saturated carbocycles. The smallest absolute Gasteiger partial charge is 0.312 e. The molecule has 0 radical (unpaired) electrons. The van der Waals surface area contributed by atoms with Crippen molar-refractivity contribution in [2.75, 3.05) is 36.5 Å². The third-order valence-corrected chi connectivity index (χ3v) is 7.88. The van der Waals surface area contributed by atoms with E-state index in [0.717, 1.165) is 18.8 Å². The van der Waals surface area contributed by atoms with E-state index in [4.69, 9.17) is 9.47 Å². The number of fused-ring (bicyclic) bond motifs is 1. The van der Waals surface area contributed by atoms with Crippen molar-refractivity contribution >= 4 is 29.2 Å². The number of hydrogen-bond acceptors (Lipinski definition) is 7. The second-order valence-corrected chi connectivity index (χ2v) is 9.51. The normalized spacial score (nSPS) is 29.7. The molecule has 3 aliphatic heterocycles. The summed E-state index contributed by atoms with van der Waals surface area (Å²) in [6.45, 7) is 9.46. The van der Waals surface area contributed by atoms with Gasteiger partial charge in [0.05, 0.1) is 37.2 Å². The predicted octanol–water partition coefficient (Wildman–Crippen LogP) is 2.18. The van der Waals surface area contributed by atoms with Crippen LogP contribution in [0, 0.1) is 11.8 Å². The molecule has 0 aromatic heterocycles. The quantitative estimate of drug-likeness (QED) is 0.487. The lowest BCUT2D eigenvalue weighted by molar-refractivity contribution is -0.155. The zero-order chi connectivity index (χ0) is 25.3. The molecule has 2 amide bonds. The molecule has 9 nitrogen and oxygen atoms in total. The number of nitrogens with zero attached hydrogens (tertiary/aromatic N) is 2.